The van der Waals surface area contributed by atoms with E-state index in [0.717, 1.165) is 0 Å². The van der Waals surface area contributed by atoms with Gasteiger partial charge >= 0.3 is 22.4 Å². The van der Waals surface area contributed by atoms with Crippen LogP contribution in [-0.2, 0) is 22.4 Å². The van der Waals surface area contributed by atoms with Crippen LogP contribution in [0.4, 0.5) is 5.69 Å². The molecule has 0 aromatic heterocycles. The standard InChI is InChI=1S/C18H33P.C6H4NO2.Au/c1-4-10-16(11-5-1)19(17-12-6-2-7-13-17)18-14-8-3-9-15-18;8-7(9)6-4-2-1-3-5-6;/h16-18H,1-15H2;1-2,4-5H;/q;-1;+1. The second kappa shape index (κ2) is 14.0. The molecule has 0 spiro atoms. The summed E-state index contributed by atoms with van der Waals surface area (Å²) in [7, 11) is 0.385. The SMILES string of the molecule is C1CCC(P(C2CCCCC2)C2CCCCC2)CC1.O=[N+]([O-])c1c[c-]ccc1.[Au+]. The van der Waals surface area contributed by atoms with Crippen LogP contribution in [0.1, 0.15) is 96.3 Å². The van der Waals surface area contributed by atoms with Gasteiger partial charge in [0.25, 0.3) is 0 Å². The van der Waals surface area contributed by atoms with Gasteiger partial charge < -0.3 is 0 Å². The Morgan fingerprint density at radius 1 is 0.793 bits per heavy atom. The van der Waals surface area contributed by atoms with Gasteiger partial charge in [-0.25, -0.2) is 0 Å². The maximum atomic E-state index is 9.99. The maximum absolute atomic E-state index is 9.99. The summed E-state index contributed by atoms with van der Waals surface area (Å²) in [6, 6.07) is 8.56. The Kier molecular flexibility index (Phi) is 12.1. The van der Waals surface area contributed by atoms with Gasteiger partial charge in [-0.05, 0) is 55.5 Å². The maximum Gasteiger partial charge on any atom is 1.00 e. The molecule has 0 unspecified atom stereocenters. The van der Waals surface area contributed by atoms with E-state index in [2.05, 4.69) is 6.07 Å². The summed E-state index contributed by atoms with van der Waals surface area (Å²) in [6.07, 6.45) is 23.6. The Hall–Kier alpha value is -0.210. The number of hydrogen-bond donors (Lipinski definition) is 0. The third kappa shape index (κ3) is 8.09. The average molecular weight is 600 g/mol. The number of nitro groups is 1. The predicted molar refractivity (Wildman–Crippen MR) is 119 cm³/mol. The minimum Gasteiger partial charge on any atom is -0.270 e. The van der Waals surface area contributed by atoms with E-state index in [1.165, 1.54) is 48.4 Å². The minimum atomic E-state index is -0.448. The topological polar surface area (TPSA) is 43.1 Å². The summed E-state index contributed by atoms with van der Waals surface area (Å²) >= 11 is 0. The van der Waals surface area contributed by atoms with Crippen LogP contribution in [0.15, 0.2) is 24.3 Å². The molecule has 1 aromatic carbocycles. The zero-order chi connectivity index (χ0) is 19.6. The number of non-ortho nitro benzene ring substituents is 1. The van der Waals surface area contributed by atoms with E-state index in [0.29, 0.717) is 7.92 Å². The van der Waals surface area contributed by atoms with Crippen LogP contribution in [0.5, 0.6) is 0 Å². The van der Waals surface area contributed by atoms with Crippen molar-refractivity contribution in [3.05, 3.63) is 40.4 Å². The van der Waals surface area contributed by atoms with Crippen molar-refractivity contribution in [3.63, 3.8) is 0 Å². The van der Waals surface area contributed by atoms with Crippen molar-refractivity contribution >= 4 is 13.6 Å². The molecule has 0 heterocycles. The van der Waals surface area contributed by atoms with Crippen molar-refractivity contribution in [1.82, 2.24) is 0 Å². The Bertz CT molecular complexity index is 525. The zero-order valence-corrected chi connectivity index (χ0v) is 20.7. The van der Waals surface area contributed by atoms with Gasteiger partial charge in [-0.3, -0.25) is 10.1 Å². The first-order valence-electron chi connectivity index (χ1n) is 11.6. The fourth-order valence-electron chi connectivity index (χ4n) is 5.53. The van der Waals surface area contributed by atoms with Crippen molar-refractivity contribution < 1.29 is 27.3 Å². The molecule has 0 amide bonds. The molecule has 0 N–H and O–H groups in total. The molecule has 4 rings (SSSR count). The molecule has 0 aliphatic heterocycles. The van der Waals surface area contributed by atoms with Crippen LogP contribution in [0.3, 0.4) is 0 Å². The molecule has 3 nitrogen and oxygen atoms in total. The summed E-state index contributed by atoms with van der Waals surface area (Å²) in [5.74, 6) is 0. The molecule has 166 valence electrons. The van der Waals surface area contributed by atoms with Gasteiger partial charge in [-0.2, -0.15) is 18.2 Å². The van der Waals surface area contributed by atoms with E-state index in [9.17, 15) is 10.1 Å². The quantitative estimate of drug-likeness (QED) is 0.116. The smallest absolute Gasteiger partial charge is 0.270 e. The largest absolute Gasteiger partial charge is 1.00 e. The van der Waals surface area contributed by atoms with E-state index in [1.807, 2.05) is 0 Å². The number of hydrogen-bond acceptors (Lipinski definition) is 2. The molecule has 29 heavy (non-hydrogen) atoms. The summed E-state index contributed by atoms with van der Waals surface area (Å²) < 4.78 is 0. The molecule has 3 fully saturated rings. The number of rotatable bonds is 4. The monoisotopic (exact) mass is 599 g/mol. The Morgan fingerprint density at radius 2 is 1.21 bits per heavy atom. The van der Waals surface area contributed by atoms with Gasteiger partial charge in [0.15, 0.2) is 5.69 Å². The van der Waals surface area contributed by atoms with Gasteiger partial charge in [0.05, 0.1) is 0 Å². The fourth-order valence-corrected chi connectivity index (χ4v) is 10.2. The average Bonchev–Trinajstić information content (AvgIpc) is 2.77. The van der Waals surface area contributed by atoms with Crippen LogP contribution in [0.25, 0.3) is 0 Å². The van der Waals surface area contributed by atoms with Crippen molar-refractivity contribution in [3.8, 4) is 0 Å². The molecule has 5 heteroatoms. The number of nitrogens with zero attached hydrogens (tertiary/aromatic N) is 1. The van der Waals surface area contributed by atoms with Crippen LogP contribution in [0.2, 0.25) is 0 Å². The Labute approximate surface area is 194 Å². The molecule has 0 radical (unpaired) electrons. The van der Waals surface area contributed by atoms with Crippen LogP contribution in [-0.4, -0.2) is 21.9 Å². The molecule has 0 atom stereocenters. The molecule has 0 bridgehead atoms. The minimum absolute atomic E-state index is 0. The normalized spacial score (nSPS) is 21.7. The van der Waals surface area contributed by atoms with Crippen molar-refractivity contribution in [1.29, 1.82) is 0 Å². The van der Waals surface area contributed by atoms with Crippen LogP contribution in [0, 0.1) is 16.2 Å². The van der Waals surface area contributed by atoms with Gasteiger partial charge in [0, 0.05) is 4.92 Å². The second-order valence-corrected chi connectivity index (χ2v) is 11.9. The molecule has 0 saturated heterocycles. The first-order valence-corrected chi connectivity index (χ1v) is 13.2. The summed E-state index contributed by atoms with van der Waals surface area (Å²) in [5, 5.41) is 9.99. The van der Waals surface area contributed by atoms with Crippen molar-refractivity contribution in [2.24, 2.45) is 0 Å². The first-order chi connectivity index (χ1) is 13.8. The first kappa shape index (κ1) is 25.1. The summed E-state index contributed by atoms with van der Waals surface area (Å²) in [5.41, 5.74) is 3.65. The van der Waals surface area contributed by atoms with E-state index >= 15 is 0 Å². The van der Waals surface area contributed by atoms with Crippen LogP contribution < -0.4 is 0 Å². The molecule has 3 aliphatic carbocycles. The van der Waals surface area contributed by atoms with E-state index in [1.54, 1.807) is 89.2 Å². The van der Waals surface area contributed by atoms with Gasteiger partial charge in [0.2, 0.25) is 0 Å². The van der Waals surface area contributed by atoms with Gasteiger partial charge in [-0.1, -0.05) is 71.8 Å². The molecule has 1 aromatic rings. The molecular formula is C24H37AuNO2P. The predicted octanol–water partition coefficient (Wildman–Crippen LogP) is 7.86. The number of benzene rings is 1. The zero-order valence-electron chi connectivity index (χ0n) is 17.7. The Balaban J connectivity index is 0.000000255. The number of nitro benzene ring substituents is 1. The van der Waals surface area contributed by atoms with Crippen molar-refractivity contribution in [2.45, 2.75) is 113 Å². The Morgan fingerprint density at radius 3 is 1.48 bits per heavy atom. The van der Waals surface area contributed by atoms with Gasteiger partial charge in [-0.15, -0.1) is 6.07 Å². The summed E-state index contributed by atoms with van der Waals surface area (Å²) in [6.45, 7) is 0. The van der Waals surface area contributed by atoms with E-state index in [4.69, 9.17) is 0 Å². The fraction of sp³-hybridized carbons (Fsp3) is 0.750. The van der Waals surface area contributed by atoms with Gasteiger partial charge in [0.1, 0.15) is 0 Å². The van der Waals surface area contributed by atoms with Crippen molar-refractivity contribution in [2.75, 3.05) is 0 Å². The summed E-state index contributed by atoms with van der Waals surface area (Å²) in [4.78, 5) is 9.54. The third-order valence-corrected chi connectivity index (χ3v) is 11.0. The molecule has 3 saturated carbocycles. The third-order valence-electron chi connectivity index (χ3n) is 6.89. The second-order valence-electron chi connectivity index (χ2n) is 8.84. The van der Waals surface area contributed by atoms with E-state index in [-0.39, 0.29) is 28.1 Å². The van der Waals surface area contributed by atoms with E-state index < -0.39 is 4.92 Å². The molecule has 3 aliphatic rings. The molecular weight excluding hydrogens is 562 g/mol. The van der Waals surface area contributed by atoms with Crippen LogP contribution >= 0.6 is 7.92 Å².